The van der Waals surface area contributed by atoms with Crippen LogP contribution >= 0.6 is 0 Å². The minimum atomic E-state index is -0.413. The van der Waals surface area contributed by atoms with Gasteiger partial charge in [0.2, 0.25) is 5.91 Å². The number of hydrogen-bond donors (Lipinski definition) is 1. The lowest BCUT2D eigenvalue weighted by molar-refractivity contribution is -0.121. The molecule has 1 aliphatic rings. The van der Waals surface area contributed by atoms with Crippen LogP contribution in [0.25, 0.3) is 11.0 Å². The Hall–Kier alpha value is -4.48. The van der Waals surface area contributed by atoms with Gasteiger partial charge in [-0.15, -0.1) is 0 Å². The van der Waals surface area contributed by atoms with E-state index in [0.29, 0.717) is 24.6 Å². The quantitative estimate of drug-likeness (QED) is 0.395. The van der Waals surface area contributed by atoms with Crippen LogP contribution in [-0.4, -0.2) is 54.0 Å². The summed E-state index contributed by atoms with van der Waals surface area (Å²) in [5.74, 6) is 1.12. The number of carbonyl (C=O) groups is 2. The highest BCUT2D eigenvalue weighted by Gasteiger charge is 2.31. The monoisotopic (exact) mass is 518 g/mol. The molecular formula is C26H30N8O4. The molecule has 0 unspecified atom stereocenters. The first-order chi connectivity index (χ1) is 18.4. The van der Waals surface area contributed by atoms with Gasteiger partial charge in [-0.1, -0.05) is 6.07 Å². The lowest BCUT2D eigenvalue weighted by Crippen LogP contribution is -2.42. The smallest absolute Gasteiger partial charge is 0.414 e. The largest absolute Gasteiger partial charge is 0.452 e. The molecule has 12 heteroatoms. The standard InChI is InChI=1S/C26H30N8O4/c1-17-7-8-18-19(34(17)26(37)38-3)9-10-20-25(18)30-21(11-13-32-12-5-4-6-24(32)36)33(20)15-23(35)27-14-22-28-16-29-31(22)2/h4-6,9-10,12,16-17H,7-8,11,13-15H2,1-3H3,(H,27,35)/t17-/m0/s1. The van der Waals surface area contributed by atoms with Crippen LogP contribution in [0.3, 0.4) is 0 Å². The van der Waals surface area contributed by atoms with E-state index in [-0.39, 0.29) is 30.6 Å². The molecule has 3 aromatic heterocycles. The van der Waals surface area contributed by atoms with Crippen LogP contribution in [0.4, 0.5) is 10.5 Å². The molecule has 198 valence electrons. The molecule has 38 heavy (non-hydrogen) atoms. The van der Waals surface area contributed by atoms with Gasteiger partial charge in [0.05, 0.1) is 30.4 Å². The number of carbonyl (C=O) groups excluding carboxylic acids is 2. The maximum atomic E-state index is 13.0. The number of amides is 2. The normalized spacial score (nSPS) is 14.9. The van der Waals surface area contributed by atoms with Crippen molar-refractivity contribution in [3.63, 3.8) is 0 Å². The summed E-state index contributed by atoms with van der Waals surface area (Å²) in [5.41, 5.74) is 3.16. The van der Waals surface area contributed by atoms with E-state index < -0.39 is 6.09 Å². The number of anilines is 1. The third-order valence-electron chi connectivity index (χ3n) is 6.99. The fourth-order valence-electron chi connectivity index (χ4n) is 4.94. The number of ether oxygens (including phenoxy) is 1. The van der Waals surface area contributed by atoms with Crippen LogP contribution in [0.2, 0.25) is 0 Å². The number of nitrogens with one attached hydrogen (secondary N) is 1. The van der Waals surface area contributed by atoms with Gasteiger partial charge in [-0.2, -0.15) is 5.10 Å². The van der Waals surface area contributed by atoms with Gasteiger partial charge in [-0.3, -0.25) is 19.2 Å². The number of rotatable bonds is 7. The average Bonchev–Trinajstić information content (AvgIpc) is 3.49. The number of fused-ring (bicyclic) bond motifs is 3. The van der Waals surface area contributed by atoms with Crippen LogP contribution in [-0.2, 0) is 49.1 Å². The molecule has 2 amide bonds. The van der Waals surface area contributed by atoms with Crippen molar-refractivity contribution in [3.05, 3.63) is 70.4 Å². The van der Waals surface area contributed by atoms with Crippen LogP contribution in [0.5, 0.6) is 0 Å². The van der Waals surface area contributed by atoms with Crippen LogP contribution in [0.1, 0.15) is 30.6 Å². The number of nitrogens with zero attached hydrogens (tertiary/aromatic N) is 7. The molecule has 1 N–H and O–H groups in total. The summed E-state index contributed by atoms with van der Waals surface area (Å²) in [6.45, 7) is 2.70. The molecule has 4 aromatic rings. The third kappa shape index (κ3) is 4.76. The number of hydrogen-bond acceptors (Lipinski definition) is 7. The van der Waals surface area contributed by atoms with Gasteiger partial charge in [0.15, 0.2) is 0 Å². The van der Waals surface area contributed by atoms with E-state index in [0.717, 1.165) is 35.1 Å². The topological polar surface area (TPSA) is 129 Å². The van der Waals surface area contributed by atoms with Crippen LogP contribution in [0, 0.1) is 0 Å². The van der Waals surface area contributed by atoms with Crippen LogP contribution in [0.15, 0.2) is 47.7 Å². The Labute approximate surface area is 218 Å². The first-order valence-electron chi connectivity index (χ1n) is 12.5. The van der Waals surface area contributed by atoms with Crippen molar-refractivity contribution < 1.29 is 14.3 Å². The summed E-state index contributed by atoms with van der Waals surface area (Å²) in [7, 11) is 3.14. The molecule has 5 rings (SSSR count). The first-order valence-corrected chi connectivity index (χ1v) is 12.5. The molecule has 0 fully saturated rings. The number of methoxy groups -OCH3 is 1. The van der Waals surface area contributed by atoms with Crippen molar-refractivity contribution in [1.82, 2.24) is 34.2 Å². The van der Waals surface area contributed by atoms with E-state index in [4.69, 9.17) is 9.72 Å². The van der Waals surface area contributed by atoms with Gasteiger partial charge in [0, 0.05) is 43.9 Å². The maximum absolute atomic E-state index is 13.0. The summed E-state index contributed by atoms with van der Waals surface area (Å²) < 4.78 is 10.2. The summed E-state index contributed by atoms with van der Waals surface area (Å²) in [6.07, 6.45) is 4.72. The Morgan fingerprint density at radius 2 is 2.03 bits per heavy atom. The zero-order valence-electron chi connectivity index (χ0n) is 21.6. The first kappa shape index (κ1) is 25.2. The van der Waals surface area contributed by atoms with E-state index in [1.165, 1.54) is 19.5 Å². The molecule has 0 saturated heterocycles. The predicted octanol–water partition coefficient (Wildman–Crippen LogP) is 1.79. The van der Waals surface area contributed by atoms with Crippen molar-refractivity contribution in [2.75, 3.05) is 12.0 Å². The second kappa shape index (κ2) is 10.5. The molecular weight excluding hydrogens is 488 g/mol. The summed E-state index contributed by atoms with van der Waals surface area (Å²) in [6, 6.07) is 8.81. The fourth-order valence-corrected chi connectivity index (χ4v) is 4.94. The lowest BCUT2D eigenvalue weighted by atomic mass is 9.96. The highest BCUT2D eigenvalue weighted by Crippen LogP contribution is 2.36. The molecule has 0 aliphatic carbocycles. The van der Waals surface area contributed by atoms with Crippen molar-refractivity contribution >= 4 is 28.7 Å². The van der Waals surface area contributed by atoms with E-state index in [1.54, 1.807) is 33.5 Å². The van der Waals surface area contributed by atoms with Gasteiger partial charge in [0.25, 0.3) is 5.56 Å². The Morgan fingerprint density at radius 1 is 1.18 bits per heavy atom. The van der Waals surface area contributed by atoms with Crippen LogP contribution < -0.4 is 15.8 Å². The summed E-state index contributed by atoms with van der Waals surface area (Å²) in [5, 5.41) is 6.93. The van der Waals surface area contributed by atoms with Crippen molar-refractivity contribution in [2.45, 2.75) is 51.9 Å². The number of aryl methyl sites for hydroxylation is 4. The van der Waals surface area contributed by atoms with E-state index in [1.807, 2.05) is 29.7 Å². The van der Waals surface area contributed by atoms with Crippen molar-refractivity contribution in [3.8, 4) is 0 Å². The number of aromatic nitrogens is 6. The Balaban J connectivity index is 1.50. The van der Waals surface area contributed by atoms with Crippen molar-refractivity contribution in [1.29, 1.82) is 0 Å². The second-order valence-corrected chi connectivity index (χ2v) is 9.33. The number of benzene rings is 1. The Kier molecular flexibility index (Phi) is 6.95. The Morgan fingerprint density at radius 3 is 2.76 bits per heavy atom. The highest BCUT2D eigenvalue weighted by atomic mass is 16.5. The second-order valence-electron chi connectivity index (χ2n) is 9.33. The number of imidazole rings is 1. The van der Waals surface area contributed by atoms with Crippen molar-refractivity contribution in [2.24, 2.45) is 7.05 Å². The molecule has 0 bridgehead atoms. The lowest BCUT2D eigenvalue weighted by Gasteiger charge is -2.34. The predicted molar refractivity (Wildman–Crippen MR) is 140 cm³/mol. The van der Waals surface area contributed by atoms with Gasteiger partial charge in [0.1, 0.15) is 24.5 Å². The minimum Gasteiger partial charge on any atom is -0.452 e. The van der Waals surface area contributed by atoms with Gasteiger partial charge >= 0.3 is 6.09 Å². The molecule has 0 radical (unpaired) electrons. The molecule has 0 saturated carbocycles. The molecule has 1 aliphatic heterocycles. The molecule has 0 spiro atoms. The molecule has 12 nitrogen and oxygen atoms in total. The number of pyridine rings is 1. The molecule has 1 aromatic carbocycles. The SMILES string of the molecule is COC(=O)N1c2ccc3c(nc(CCn4ccccc4=O)n3CC(=O)NCc3ncnn3C)c2CC[C@@H]1C. The zero-order valence-corrected chi connectivity index (χ0v) is 21.6. The zero-order chi connectivity index (χ0) is 26.8. The van der Waals surface area contributed by atoms with E-state index in [2.05, 4.69) is 15.4 Å². The van der Waals surface area contributed by atoms with Gasteiger partial charge in [-0.25, -0.2) is 14.8 Å². The molecule has 4 heterocycles. The third-order valence-corrected chi connectivity index (χ3v) is 6.99. The Bertz CT molecular complexity index is 1550. The maximum Gasteiger partial charge on any atom is 0.414 e. The van der Waals surface area contributed by atoms with Gasteiger partial charge in [-0.05, 0) is 38.0 Å². The fraction of sp³-hybridized carbons (Fsp3) is 0.385. The average molecular weight is 519 g/mol. The van der Waals surface area contributed by atoms with E-state index in [9.17, 15) is 14.4 Å². The minimum absolute atomic E-state index is 0.00898. The summed E-state index contributed by atoms with van der Waals surface area (Å²) >= 11 is 0. The summed E-state index contributed by atoms with van der Waals surface area (Å²) in [4.78, 5) is 48.6. The van der Waals surface area contributed by atoms with Gasteiger partial charge < -0.3 is 19.2 Å². The van der Waals surface area contributed by atoms with E-state index >= 15 is 0 Å². The molecule has 1 atom stereocenters. The highest BCUT2D eigenvalue weighted by molar-refractivity contribution is 5.95.